The van der Waals surface area contributed by atoms with E-state index in [2.05, 4.69) is 25.6 Å². The Morgan fingerprint density at radius 2 is 2.00 bits per heavy atom. The maximum Gasteiger partial charge on any atom is 0.271 e. The van der Waals surface area contributed by atoms with Crippen molar-refractivity contribution in [2.24, 2.45) is 12.8 Å². The quantitative estimate of drug-likeness (QED) is 0.462. The van der Waals surface area contributed by atoms with Crippen molar-refractivity contribution in [2.45, 2.75) is 37.0 Å². The van der Waals surface area contributed by atoms with Gasteiger partial charge in [0.25, 0.3) is 5.91 Å². The van der Waals surface area contributed by atoms with Gasteiger partial charge in [-0.2, -0.15) is 10.2 Å². The molecule has 0 radical (unpaired) electrons. The van der Waals surface area contributed by atoms with Gasteiger partial charge >= 0.3 is 0 Å². The molecule has 0 atom stereocenters. The Morgan fingerprint density at radius 3 is 2.61 bits per heavy atom. The van der Waals surface area contributed by atoms with Crippen molar-refractivity contribution in [1.82, 2.24) is 25.0 Å². The number of hydrogen-bond donors (Lipinski definition) is 2. The molecule has 33 heavy (non-hydrogen) atoms. The van der Waals surface area contributed by atoms with Crippen LogP contribution in [0.1, 0.15) is 36.2 Å². The number of nitrogens with one attached hydrogen (secondary N) is 1. The maximum atomic E-state index is 14.0. The average Bonchev–Trinajstić information content (AvgIpc) is 3.71. The van der Waals surface area contributed by atoms with Crippen LogP contribution in [0.2, 0.25) is 5.02 Å². The highest BCUT2D eigenvalue weighted by atomic mass is 35.5. The number of nitrogens with two attached hydrogens (primary N) is 1. The number of rotatable bonds is 8. The second-order valence-corrected chi connectivity index (χ2v) is 12.1. The van der Waals surface area contributed by atoms with Crippen LogP contribution in [0.15, 0.2) is 24.5 Å². The lowest BCUT2D eigenvalue weighted by molar-refractivity contribution is 0.0995. The molecule has 2 saturated carbocycles. The summed E-state index contributed by atoms with van der Waals surface area (Å²) in [5, 5.41) is 15.3. The molecule has 0 aromatic carbocycles. The van der Waals surface area contributed by atoms with Gasteiger partial charge in [-0.25, -0.2) is 4.98 Å². The topological polar surface area (TPSA) is 138 Å². The van der Waals surface area contributed by atoms with Crippen molar-refractivity contribution in [3.63, 3.8) is 0 Å². The highest BCUT2D eigenvalue weighted by molar-refractivity contribution is 7.73. The summed E-state index contributed by atoms with van der Waals surface area (Å²) < 4.78 is 21.4. The van der Waals surface area contributed by atoms with Crippen molar-refractivity contribution in [2.75, 3.05) is 12.4 Å². The van der Waals surface area contributed by atoms with E-state index in [0.29, 0.717) is 22.8 Å². The summed E-state index contributed by atoms with van der Waals surface area (Å²) >= 11 is 6.23. The first-order valence-corrected chi connectivity index (χ1v) is 12.8. The molecule has 12 heteroatoms. The lowest BCUT2D eigenvalue weighted by Crippen LogP contribution is -2.20. The third kappa shape index (κ3) is 3.77. The van der Waals surface area contributed by atoms with Gasteiger partial charge in [0.05, 0.1) is 35.1 Å². The second kappa shape index (κ2) is 8.11. The van der Waals surface area contributed by atoms with Gasteiger partial charge in [0.1, 0.15) is 7.14 Å². The van der Waals surface area contributed by atoms with Crippen molar-refractivity contribution in [3.8, 4) is 17.0 Å². The zero-order chi connectivity index (χ0) is 23.3. The summed E-state index contributed by atoms with van der Waals surface area (Å²) in [7, 11) is 0.848. The number of pyridine rings is 1. The number of carbonyl (C=O) groups excluding carboxylic acids is 1. The van der Waals surface area contributed by atoms with Crippen LogP contribution in [0, 0.1) is 0 Å². The summed E-state index contributed by atoms with van der Waals surface area (Å²) in [6, 6.07) is 3.69. The minimum Gasteiger partial charge on any atom is -0.492 e. The first-order chi connectivity index (χ1) is 15.8. The molecular formula is C21H23ClN7O3P. The molecule has 10 nitrogen and oxygen atoms in total. The molecule has 2 aliphatic carbocycles. The Morgan fingerprint density at radius 1 is 1.30 bits per heavy atom. The SMILES string of the molecule is COc1c(-c2cc(P(=O)(C3CC3)C3CC3)n(C)n2)ccnc1Nc1c(Cl)cnnc1C(N)=O. The Kier molecular flexibility index (Phi) is 5.37. The van der Waals surface area contributed by atoms with Crippen molar-refractivity contribution < 1.29 is 14.1 Å². The van der Waals surface area contributed by atoms with E-state index in [1.807, 2.05) is 13.1 Å². The number of amides is 1. The van der Waals surface area contributed by atoms with Crippen LogP contribution >= 0.6 is 18.7 Å². The summed E-state index contributed by atoms with van der Waals surface area (Å²) in [5.41, 5.74) is 8.13. The minimum absolute atomic E-state index is 0.119. The number of carbonyl (C=O) groups is 1. The van der Waals surface area contributed by atoms with E-state index in [1.54, 1.807) is 16.9 Å². The lowest BCUT2D eigenvalue weighted by atomic mass is 10.1. The largest absolute Gasteiger partial charge is 0.492 e. The Bertz CT molecular complexity index is 1290. The molecule has 3 aromatic heterocycles. The van der Waals surface area contributed by atoms with Crippen molar-refractivity contribution in [1.29, 1.82) is 0 Å². The van der Waals surface area contributed by atoms with Crippen LogP contribution < -0.4 is 21.2 Å². The van der Waals surface area contributed by atoms with Gasteiger partial charge in [-0.05, 0) is 37.8 Å². The molecule has 3 N–H and O–H groups in total. The molecule has 2 fully saturated rings. The van der Waals surface area contributed by atoms with Crippen LogP contribution in [0.3, 0.4) is 0 Å². The molecule has 2 aliphatic rings. The number of aryl methyl sites for hydroxylation is 1. The molecule has 3 heterocycles. The number of aromatic nitrogens is 5. The number of anilines is 2. The van der Waals surface area contributed by atoms with Gasteiger partial charge in [-0.15, -0.1) is 5.10 Å². The highest BCUT2D eigenvalue weighted by Crippen LogP contribution is 2.69. The van der Waals surface area contributed by atoms with E-state index in [1.165, 1.54) is 13.3 Å². The van der Waals surface area contributed by atoms with Gasteiger partial charge in [-0.3, -0.25) is 9.48 Å². The minimum atomic E-state index is -2.50. The molecular weight excluding hydrogens is 465 g/mol. The molecule has 172 valence electrons. The van der Waals surface area contributed by atoms with Gasteiger partial charge in [-0.1, -0.05) is 11.6 Å². The number of nitrogens with zero attached hydrogens (tertiary/aromatic N) is 5. The van der Waals surface area contributed by atoms with Gasteiger partial charge in [0.15, 0.2) is 17.3 Å². The zero-order valence-electron chi connectivity index (χ0n) is 18.2. The van der Waals surface area contributed by atoms with Crippen LogP contribution in [0.5, 0.6) is 5.75 Å². The van der Waals surface area contributed by atoms with Crippen molar-refractivity contribution in [3.05, 3.63) is 35.2 Å². The third-order valence-electron chi connectivity index (χ3n) is 6.06. The first-order valence-electron chi connectivity index (χ1n) is 10.6. The molecule has 5 rings (SSSR count). The molecule has 1 amide bonds. The number of halogens is 1. The van der Waals surface area contributed by atoms with Gasteiger partial charge < -0.3 is 20.4 Å². The number of methoxy groups -OCH3 is 1. The van der Waals surface area contributed by atoms with E-state index >= 15 is 0 Å². The number of primary amides is 1. The Hall–Kier alpha value is -2.97. The third-order valence-corrected chi connectivity index (χ3v) is 10.7. The monoisotopic (exact) mass is 487 g/mol. The smallest absolute Gasteiger partial charge is 0.271 e. The Labute approximate surface area is 195 Å². The summed E-state index contributed by atoms with van der Waals surface area (Å²) in [4.78, 5) is 16.1. The van der Waals surface area contributed by atoms with Crippen LogP contribution in [0.25, 0.3) is 11.3 Å². The van der Waals surface area contributed by atoms with Crippen molar-refractivity contribution >= 4 is 41.6 Å². The number of ether oxygens (including phenoxy) is 1. The normalized spacial score (nSPS) is 16.0. The number of hydrogen-bond acceptors (Lipinski definition) is 8. The average molecular weight is 488 g/mol. The maximum absolute atomic E-state index is 14.0. The van der Waals surface area contributed by atoms with E-state index in [0.717, 1.165) is 31.1 Å². The van der Waals surface area contributed by atoms with E-state index in [4.69, 9.17) is 22.1 Å². The first kappa shape index (κ1) is 21.9. The molecule has 3 aromatic rings. The summed E-state index contributed by atoms with van der Waals surface area (Å²) in [6.07, 6.45) is 6.95. The van der Waals surface area contributed by atoms with E-state index < -0.39 is 13.0 Å². The molecule has 0 bridgehead atoms. The summed E-state index contributed by atoms with van der Waals surface area (Å²) in [5.74, 6) is -0.0989. The van der Waals surface area contributed by atoms with Gasteiger partial charge in [0, 0.05) is 30.1 Å². The fraction of sp³-hybridized carbons (Fsp3) is 0.381. The molecule has 0 spiro atoms. The highest BCUT2D eigenvalue weighted by Gasteiger charge is 2.53. The fourth-order valence-electron chi connectivity index (χ4n) is 4.22. The van der Waals surface area contributed by atoms with Crippen LogP contribution in [-0.2, 0) is 11.6 Å². The van der Waals surface area contributed by atoms with Crippen LogP contribution in [-0.4, -0.2) is 49.3 Å². The molecule has 0 saturated heterocycles. The fourth-order valence-corrected chi connectivity index (χ4v) is 8.40. The van der Waals surface area contributed by atoms with Gasteiger partial charge in [0.2, 0.25) is 0 Å². The van der Waals surface area contributed by atoms with E-state index in [-0.39, 0.29) is 27.7 Å². The lowest BCUT2D eigenvalue weighted by Gasteiger charge is -2.17. The van der Waals surface area contributed by atoms with E-state index in [9.17, 15) is 9.36 Å². The molecule has 0 aliphatic heterocycles. The standard InChI is InChI=1S/C21H23ClN7O3P/c1-29-16(33(31,11-3-4-11)12-5-6-12)9-15(28-29)13-7-8-24-21(19(13)32-2)26-17-14(22)10-25-27-18(17)20(23)30/h7-12H,3-6H2,1-2H3,(H2,23,30)(H,24,25,26). The summed E-state index contributed by atoms with van der Waals surface area (Å²) in [6.45, 7) is 0. The second-order valence-electron chi connectivity index (χ2n) is 8.33. The predicted molar refractivity (Wildman–Crippen MR) is 125 cm³/mol. The van der Waals surface area contributed by atoms with Crippen LogP contribution in [0.4, 0.5) is 11.5 Å². The zero-order valence-corrected chi connectivity index (χ0v) is 19.8. The Balaban J connectivity index is 1.57. The molecule has 0 unspecified atom stereocenters. The predicted octanol–water partition coefficient (Wildman–Crippen LogP) is 3.09.